The van der Waals surface area contributed by atoms with Crippen molar-refractivity contribution in [1.29, 1.82) is 0 Å². The minimum atomic E-state index is -0.416. The van der Waals surface area contributed by atoms with Gasteiger partial charge in [0.1, 0.15) is 5.82 Å². The molecule has 10 aromatic rings. The second-order valence-electron chi connectivity index (χ2n) is 15.1. The summed E-state index contributed by atoms with van der Waals surface area (Å²) in [5.74, 6) is 0.704. The summed E-state index contributed by atoms with van der Waals surface area (Å²) in [6, 6.07) is 55.6. The number of fused-ring (bicyclic) bond motifs is 14. The zero-order valence-electron chi connectivity index (χ0n) is 31.2. The summed E-state index contributed by atoms with van der Waals surface area (Å²) in [5, 5.41) is 2.19. The molecule has 2 aliphatic carbocycles. The highest BCUT2D eigenvalue weighted by molar-refractivity contribution is 6.11. The number of nitrogen functional groups attached to an aromatic ring is 1. The van der Waals surface area contributed by atoms with Gasteiger partial charge in [0.15, 0.2) is 0 Å². The number of hydrogen-bond donors (Lipinski definition) is 1. The number of allylic oxidation sites excluding steroid dienone is 1. The molecule has 0 amide bonds. The summed E-state index contributed by atoms with van der Waals surface area (Å²) in [6.07, 6.45) is 9.68. The number of pyridine rings is 2. The normalized spacial score (nSPS) is 13.5. The van der Waals surface area contributed by atoms with E-state index in [1.165, 1.54) is 44.5 Å². The molecule has 4 aromatic heterocycles. The van der Waals surface area contributed by atoms with Crippen LogP contribution < -0.4 is 5.73 Å². The Hall–Kier alpha value is -7.50. The molecular formula is C52H35N5. The number of benzene rings is 6. The molecule has 0 radical (unpaired) electrons. The van der Waals surface area contributed by atoms with Gasteiger partial charge in [0.05, 0.1) is 27.5 Å². The molecule has 4 heterocycles. The fraction of sp³-hybridized carbons (Fsp3) is 0.0385. The lowest BCUT2D eigenvalue weighted by Crippen LogP contribution is -2.25. The second kappa shape index (κ2) is 11.8. The number of nitrogens with two attached hydrogens (primary N) is 1. The van der Waals surface area contributed by atoms with E-state index in [0.29, 0.717) is 5.82 Å². The van der Waals surface area contributed by atoms with Crippen LogP contribution in [0.5, 0.6) is 0 Å². The fourth-order valence-electron chi connectivity index (χ4n) is 10.1. The first kappa shape index (κ1) is 31.8. The maximum Gasteiger partial charge on any atom is 0.116 e. The van der Waals surface area contributed by atoms with Crippen molar-refractivity contribution < 1.29 is 0 Å². The van der Waals surface area contributed by atoms with E-state index >= 15 is 0 Å². The van der Waals surface area contributed by atoms with Crippen LogP contribution in [0, 0.1) is 0 Å². The van der Waals surface area contributed by atoms with Gasteiger partial charge >= 0.3 is 0 Å². The first-order valence-corrected chi connectivity index (χ1v) is 19.5. The Balaban J connectivity index is 1.01. The average molecular weight is 730 g/mol. The molecule has 0 unspecified atom stereocenters. The number of aromatic nitrogens is 4. The zero-order valence-corrected chi connectivity index (χ0v) is 31.2. The Morgan fingerprint density at radius 1 is 0.526 bits per heavy atom. The Morgan fingerprint density at radius 2 is 1.12 bits per heavy atom. The van der Waals surface area contributed by atoms with Gasteiger partial charge in [-0.25, -0.2) is 0 Å². The second-order valence-corrected chi connectivity index (χ2v) is 15.1. The van der Waals surface area contributed by atoms with Gasteiger partial charge in [-0.2, -0.15) is 0 Å². The lowest BCUT2D eigenvalue weighted by molar-refractivity contribution is 0.794. The monoisotopic (exact) mass is 729 g/mol. The van der Waals surface area contributed by atoms with Crippen molar-refractivity contribution in [3.63, 3.8) is 0 Å². The summed E-state index contributed by atoms with van der Waals surface area (Å²) < 4.78 is 4.50. The van der Waals surface area contributed by atoms with Crippen molar-refractivity contribution in [2.24, 2.45) is 0 Å². The van der Waals surface area contributed by atoms with Crippen LogP contribution in [-0.2, 0) is 5.41 Å². The molecule has 268 valence electrons. The molecule has 6 aromatic carbocycles. The number of anilines is 1. The third-order valence-electron chi connectivity index (χ3n) is 12.4. The van der Waals surface area contributed by atoms with Gasteiger partial charge < -0.3 is 10.3 Å². The van der Waals surface area contributed by atoms with E-state index in [1.807, 2.05) is 43.7 Å². The molecular weight excluding hydrogens is 695 g/mol. The molecule has 0 saturated carbocycles. The molecule has 2 N–H and O–H groups in total. The lowest BCUT2D eigenvalue weighted by atomic mass is 9.70. The van der Waals surface area contributed by atoms with Crippen LogP contribution in [0.1, 0.15) is 34.7 Å². The molecule has 5 nitrogen and oxygen atoms in total. The van der Waals surface area contributed by atoms with E-state index in [2.05, 4.69) is 160 Å². The van der Waals surface area contributed by atoms with Crippen LogP contribution in [0.15, 0.2) is 176 Å². The van der Waals surface area contributed by atoms with Crippen molar-refractivity contribution in [3.8, 4) is 44.8 Å². The average Bonchev–Trinajstić information content (AvgIpc) is 3.95. The maximum absolute atomic E-state index is 6.73. The molecule has 12 rings (SSSR count). The summed E-state index contributed by atoms with van der Waals surface area (Å²) in [6.45, 7) is 2.01. The van der Waals surface area contributed by atoms with Gasteiger partial charge in [0.25, 0.3) is 0 Å². The van der Waals surface area contributed by atoms with Crippen molar-refractivity contribution in [3.05, 3.63) is 204 Å². The fourth-order valence-corrected chi connectivity index (χ4v) is 10.1. The predicted molar refractivity (Wildman–Crippen MR) is 234 cm³/mol. The molecule has 1 spiro atoms. The number of rotatable bonds is 4. The van der Waals surface area contributed by atoms with Crippen LogP contribution in [-0.4, -0.2) is 19.1 Å². The first-order chi connectivity index (χ1) is 28.2. The maximum atomic E-state index is 6.73. The van der Waals surface area contributed by atoms with Crippen LogP contribution in [0.25, 0.3) is 83.7 Å². The van der Waals surface area contributed by atoms with Gasteiger partial charge in [0, 0.05) is 46.3 Å². The molecule has 2 aliphatic rings. The van der Waals surface area contributed by atoms with Crippen LogP contribution in [0.2, 0.25) is 0 Å². The van der Waals surface area contributed by atoms with Gasteiger partial charge in [-0.1, -0.05) is 109 Å². The lowest BCUT2D eigenvalue weighted by Gasteiger charge is -2.30. The zero-order chi connectivity index (χ0) is 37.8. The molecule has 57 heavy (non-hydrogen) atoms. The third-order valence-corrected chi connectivity index (χ3v) is 12.4. The number of hydrogen-bond acceptors (Lipinski definition) is 3. The Bertz CT molecular complexity index is 3260. The largest absolute Gasteiger partial charge is 0.384 e. The quantitative estimate of drug-likeness (QED) is 0.196. The van der Waals surface area contributed by atoms with E-state index in [9.17, 15) is 0 Å². The minimum Gasteiger partial charge on any atom is -0.384 e. The molecule has 0 aliphatic heterocycles. The van der Waals surface area contributed by atoms with Crippen molar-refractivity contribution >= 4 is 44.7 Å². The topological polar surface area (TPSA) is 61.7 Å². The highest BCUT2D eigenvalue weighted by Crippen LogP contribution is 2.63. The highest BCUT2D eigenvalue weighted by atomic mass is 15.1. The van der Waals surface area contributed by atoms with Gasteiger partial charge in [-0.05, 0) is 117 Å². The van der Waals surface area contributed by atoms with Crippen molar-refractivity contribution in [1.82, 2.24) is 19.1 Å². The molecule has 5 heteroatoms. The Kier molecular flexibility index (Phi) is 6.56. The van der Waals surface area contributed by atoms with Crippen molar-refractivity contribution in [2.45, 2.75) is 12.3 Å². The van der Waals surface area contributed by atoms with Gasteiger partial charge in [0.2, 0.25) is 0 Å². The van der Waals surface area contributed by atoms with E-state index in [0.717, 1.165) is 60.9 Å². The van der Waals surface area contributed by atoms with Crippen LogP contribution in [0.3, 0.4) is 0 Å². The van der Waals surface area contributed by atoms with E-state index in [1.54, 1.807) is 0 Å². The van der Waals surface area contributed by atoms with Crippen molar-refractivity contribution in [2.75, 3.05) is 5.73 Å². The molecule has 0 fully saturated rings. The van der Waals surface area contributed by atoms with Crippen LogP contribution >= 0.6 is 0 Å². The predicted octanol–water partition coefficient (Wildman–Crippen LogP) is 12.1. The smallest absolute Gasteiger partial charge is 0.116 e. The Morgan fingerprint density at radius 3 is 1.75 bits per heavy atom. The number of nitrogens with zero attached hydrogens (tertiary/aromatic N) is 4. The summed E-state index contributed by atoms with van der Waals surface area (Å²) in [4.78, 5) is 9.36. The van der Waals surface area contributed by atoms with E-state index < -0.39 is 5.41 Å². The van der Waals surface area contributed by atoms with Gasteiger partial charge in [-0.3, -0.25) is 14.5 Å². The summed E-state index contributed by atoms with van der Waals surface area (Å²) in [7, 11) is 0. The third kappa shape index (κ3) is 4.17. The SMILES string of the molecule is C/C=C\c1c(N)n(-c2ccc(-c3ccc(-n4c5cc6c(cc5c5ncccc54)-c4ccccc4C64c5ccccc5-c5ccccc54)cc3)cc2)c2ccncc12. The standard InChI is InChI=1S/C52H35N5/c1-2-10-39-42-31-54-28-26-47(42)57(51(39)53)35-24-20-33(21-25-35)32-18-22-34(23-19-32)56-48-17-9-27-55-50(48)41-29-40-38-13-5-8-16-45(38)52(46(40)30-49(41)56)43-14-6-3-11-36(43)37-12-4-7-15-44(37)52/h2-31H,53H2,1H3/b10-2-. The van der Waals surface area contributed by atoms with Crippen LogP contribution in [0.4, 0.5) is 5.82 Å². The van der Waals surface area contributed by atoms with E-state index in [4.69, 9.17) is 10.7 Å². The summed E-state index contributed by atoms with van der Waals surface area (Å²) in [5.41, 5.74) is 26.5. The Labute approximate surface area is 329 Å². The minimum absolute atomic E-state index is 0.416. The molecule has 0 atom stereocenters. The van der Waals surface area contributed by atoms with E-state index in [-0.39, 0.29) is 0 Å². The van der Waals surface area contributed by atoms with Gasteiger partial charge in [-0.15, -0.1) is 0 Å². The molecule has 0 saturated heterocycles. The summed E-state index contributed by atoms with van der Waals surface area (Å²) >= 11 is 0. The highest BCUT2D eigenvalue weighted by Gasteiger charge is 2.51. The molecule has 0 bridgehead atoms. The first-order valence-electron chi connectivity index (χ1n) is 19.5.